The number of rotatable bonds is 4. The molecular formula is C19H18FN3O3. The highest BCUT2D eigenvalue weighted by Gasteiger charge is 2.27. The molecular weight excluding hydrogens is 337 g/mol. The van der Waals surface area contributed by atoms with Crippen LogP contribution in [0, 0.1) is 11.7 Å². The fourth-order valence-corrected chi connectivity index (χ4v) is 3.31. The second kappa shape index (κ2) is 7.11. The Balaban J connectivity index is 1.43. The number of benzene rings is 1. The maximum absolute atomic E-state index is 13.8. The third kappa shape index (κ3) is 3.37. The number of furan rings is 1. The number of hydrogen-bond acceptors (Lipinski definition) is 5. The van der Waals surface area contributed by atoms with E-state index in [1.165, 1.54) is 12.3 Å². The van der Waals surface area contributed by atoms with Gasteiger partial charge in [0.05, 0.1) is 11.8 Å². The van der Waals surface area contributed by atoms with Crippen LogP contribution in [0.4, 0.5) is 4.39 Å². The van der Waals surface area contributed by atoms with Gasteiger partial charge in [0.2, 0.25) is 11.7 Å². The number of carbonyl (C=O) groups is 1. The Kier molecular flexibility index (Phi) is 4.51. The molecule has 134 valence electrons. The number of piperidine rings is 1. The van der Waals surface area contributed by atoms with E-state index in [0.29, 0.717) is 36.7 Å². The standard InChI is InChI=1S/C19H18FN3O3/c20-15-7-2-1-6-14(15)18-21-17(26-22-18)11-13-5-3-9-23(12-13)19(24)16-8-4-10-25-16/h1-2,4,6-8,10,13H,3,5,9,11-12H2/t13-/m0/s1. The van der Waals surface area contributed by atoms with E-state index in [4.69, 9.17) is 8.94 Å². The summed E-state index contributed by atoms with van der Waals surface area (Å²) < 4.78 is 24.3. The lowest BCUT2D eigenvalue weighted by Gasteiger charge is -2.31. The number of carbonyl (C=O) groups excluding carboxylic acids is 1. The van der Waals surface area contributed by atoms with Gasteiger partial charge >= 0.3 is 0 Å². The minimum absolute atomic E-state index is 0.0997. The first-order valence-electron chi connectivity index (χ1n) is 8.61. The molecule has 1 amide bonds. The summed E-state index contributed by atoms with van der Waals surface area (Å²) in [5, 5.41) is 3.89. The maximum Gasteiger partial charge on any atom is 0.289 e. The smallest absolute Gasteiger partial charge is 0.289 e. The van der Waals surface area contributed by atoms with Crippen LogP contribution in [-0.4, -0.2) is 34.0 Å². The van der Waals surface area contributed by atoms with Crippen molar-refractivity contribution in [1.82, 2.24) is 15.0 Å². The molecule has 1 saturated heterocycles. The summed E-state index contributed by atoms with van der Waals surface area (Å²) in [7, 11) is 0. The number of likely N-dealkylation sites (tertiary alicyclic amines) is 1. The second-order valence-corrected chi connectivity index (χ2v) is 6.43. The van der Waals surface area contributed by atoms with Crippen LogP contribution in [0.5, 0.6) is 0 Å². The van der Waals surface area contributed by atoms with Crippen molar-refractivity contribution in [2.75, 3.05) is 13.1 Å². The first-order chi connectivity index (χ1) is 12.7. The monoisotopic (exact) mass is 355 g/mol. The Bertz CT molecular complexity index is 891. The predicted molar refractivity (Wildman–Crippen MR) is 90.7 cm³/mol. The summed E-state index contributed by atoms with van der Waals surface area (Å²) in [6.07, 6.45) is 3.94. The largest absolute Gasteiger partial charge is 0.459 e. The van der Waals surface area contributed by atoms with Crippen molar-refractivity contribution in [1.29, 1.82) is 0 Å². The summed E-state index contributed by atoms with van der Waals surface area (Å²) in [5.41, 5.74) is 0.320. The number of amides is 1. The molecule has 0 bridgehead atoms. The molecule has 7 heteroatoms. The molecule has 26 heavy (non-hydrogen) atoms. The molecule has 0 saturated carbocycles. The van der Waals surface area contributed by atoms with E-state index in [2.05, 4.69) is 10.1 Å². The summed E-state index contributed by atoms with van der Waals surface area (Å²) in [6.45, 7) is 1.32. The zero-order valence-corrected chi connectivity index (χ0v) is 14.1. The summed E-state index contributed by atoms with van der Waals surface area (Å²) >= 11 is 0. The number of aromatic nitrogens is 2. The molecule has 0 spiro atoms. The number of halogens is 1. The van der Waals surface area contributed by atoms with Gasteiger partial charge in [-0.2, -0.15) is 4.98 Å². The van der Waals surface area contributed by atoms with Crippen molar-refractivity contribution in [2.24, 2.45) is 5.92 Å². The van der Waals surface area contributed by atoms with Gasteiger partial charge in [-0.3, -0.25) is 4.79 Å². The first-order valence-corrected chi connectivity index (χ1v) is 8.61. The van der Waals surface area contributed by atoms with Gasteiger partial charge in [0.15, 0.2) is 5.76 Å². The molecule has 3 aromatic rings. The molecule has 1 aromatic carbocycles. The molecule has 1 atom stereocenters. The van der Waals surface area contributed by atoms with Gasteiger partial charge in [-0.15, -0.1) is 0 Å². The zero-order chi connectivity index (χ0) is 17.9. The third-order valence-electron chi connectivity index (χ3n) is 4.58. The minimum Gasteiger partial charge on any atom is -0.459 e. The lowest BCUT2D eigenvalue weighted by Crippen LogP contribution is -2.40. The van der Waals surface area contributed by atoms with Crippen LogP contribution in [0.2, 0.25) is 0 Å². The Hall–Kier alpha value is -2.96. The fraction of sp³-hybridized carbons (Fsp3) is 0.316. The van der Waals surface area contributed by atoms with Crippen LogP contribution in [-0.2, 0) is 6.42 Å². The molecule has 0 N–H and O–H groups in total. The van der Waals surface area contributed by atoms with Gasteiger partial charge in [-0.1, -0.05) is 17.3 Å². The van der Waals surface area contributed by atoms with E-state index in [0.717, 1.165) is 12.8 Å². The average Bonchev–Trinajstić information content (AvgIpc) is 3.34. The van der Waals surface area contributed by atoms with Gasteiger partial charge in [0.25, 0.3) is 5.91 Å². The molecule has 1 fully saturated rings. The van der Waals surface area contributed by atoms with E-state index in [-0.39, 0.29) is 23.5 Å². The Morgan fingerprint density at radius 2 is 2.15 bits per heavy atom. The van der Waals surface area contributed by atoms with E-state index in [1.54, 1.807) is 35.2 Å². The lowest BCUT2D eigenvalue weighted by atomic mass is 9.94. The van der Waals surface area contributed by atoms with Crippen molar-refractivity contribution in [3.63, 3.8) is 0 Å². The van der Waals surface area contributed by atoms with Crippen molar-refractivity contribution >= 4 is 5.91 Å². The molecule has 4 rings (SSSR count). The highest BCUT2D eigenvalue weighted by Crippen LogP contribution is 2.24. The molecule has 3 heterocycles. The SMILES string of the molecule is O=C(c1ccco1)N1CCC[C@@H](Cc2nc(-c3ccccc3F)no2)C1. The molecule has 6 nitrogen and oxygen atoms in total. The fourth-order valence-electron chi connectivity index (χ4n) is 3.31. The molecule has 0 radical (unpaired) electrons. The quantitative estimate of drug-likeness (QED) is 0.715. The van der Waals surface area contributed by atoms with Gasteiger partial charge in [-0.25, -0.2) is 4.39 Å². The van der Waals surface area contributed by atoms with Crippen LogP contribution in [0.1, 0.15) is 29.3 Å². The lowest BCUT2D eigenvalue weighted by molar-refractivity contribution is 0.0636. The van der Waals surface area contributed by atoms with Crippen molar-refractivity contribution in [3.8, 4) is 11.4 Å². The van der Waals surface area contributed by atoms with Crippen molar-refractivity contribution in [3.05, 3.63) is 60.1 Å². The predicted octanol–water partition coefficient (Wildman–Crippen LogP) is 3.56. The van der Waals surface area contributed by atoms with Gasteiger partial charge in [-0.05, 0) is 43.0 Å². The topological polar surface area (TPSA) is 72.4 Å². The van der Waals surface area contributed by atoms with E-state index >= 15 is 0 Å². The molecule has 0 unspecified atom stereocenters. The van der Waals surface area contributed by atoms with Crippen LogP contribution >= 0.6 is 0 Å². The second-order valence-electron chi connectivity index (χ2n) is 6.43. The average molecular weight is 355 g/mol. The minimum atomic E-state index is -0.382. The summed E-state index contributed by atoms with van der Waals surface area (Å²) in [6, 6.07) is 9.71. The van der Waals surface area contributed by atoms with Crippen LogP contribution < -0.4 is 0 Å². The van der Waals surface area contributed by atoms with E-state index in [9.17, 15) is 9.18 Å². The number of nitrogens with zero attached hydrogens (tertiary/aromatic N) is 3. The Labute approximate surface area is 149 Å². The Morgan fingerprint density at radius 3 is 2.96 bits per heavy atom. The van der Waals surface area contributed by atoms with Crippen LogP contribution in [0.25, 0.3) is 11.4 Å². The van der Waals surface area contributed by atoms with Crippen molar-refractivity contribution < 1.29 is 18.1 Å². The van der Waals surface area contributed by atoms with Gasteiger partial charge in [0.1, 0.15) is 5.82 Å². The summed E-state index contributed by atoms with van der Waals surface area (Å²) in [5.74, 6) is 0.796. The highest BCUT2D eigenvalue weighted by atomic mass is 19.1. The highest BCUT2D eigenvalue weighted by molar-refractivity contribution is 5.91. The normalized spacial score (nSPS) is 17.4. The Morgan fingerprint density at radius 1 is 1.27 bits per heavy atom. The van der Waals surface area contributed by atoms with Crippen LogP contribution in [0.15, 0.2) is 51.6 Å². The third-order valence-corrected chi connectivity index (χ3v) is 4.58. The first kappa shape index (κ1) is 16.5. The summed E-state index contributed by atoms with van der Waals surface area (Å²) in [4.78, 5) is 18.5. The van der Waals surface area contributed by atoms with Crippen molar-refractivity contribution in [2.45, 2.75) is 19.3 Å². The molecule has 1 aliphatic heterocycles. The van der Waals surface area contributed by atoms with E-state index < -0.39 is 0 Å². The van der Waals surface area contributed by atoms with Gasteiger partial charge in [0, 0.05) is 19.5 Å². The number of hydrogen-bond donors (Lipinski definition) is 0. The van der Waals surface area contributed by atoms with Gasteiger partial charge < -0.3 is 13.8 Å². The maximum atomic E-state index is 13.8. The molecule has 0 aliphatic carbocycles. The molecule has 2 aromatic heterocycles. The zero-order valence-electron chi connectivity index (χ0n) is 14.1. The van der Waals surface area contributed by atoms with Crippen LogP contribution in [0.3, 0.4) is 0 Å². The molecule has 1 aliphatic rings. The van der Waals surface area contributed by atoms with E-state index in [1.807, 2.05) is 0 Å².